The molecule has 6 aromatic rings. The molecule has 0 N–H and O–H groups in total. The molecular weight excluding hydrogens is 753 g/mol. The standard InChI is InChI=1S/C52H54O6S/c1-5-14-40(15-6-1)34-54-38-48-49(55-35-41-16-7-2-8-17-41)50(56-36-42-18-9-3-10-19-42)51(57-37-43-20-11-4-12-21-43)52(59-48)45-23-13-22-44(33-45)32-39-24-26-46(27-25-39)58-47-28-30-53-31-29-47/h1-27,33,47-52H,28-32,34-38H2/t48-,49-,50+,51-,52+/m1/s1. The monoisotopic (exact) mass is 806 g/mol. The Kier molecular flexibility index (Phi) is 15.0. The topological polar surface area (TPSA) is 55.4 Å². The van der Waals surface area contributed by atoms with E-state index in [4.69, 9.17) is 28.4 Å². The van der Waals surface area contributed by atoms with Gasteiger partial charge in [-0.1, -0.05) is 158 Å². The molecule has 0 aliphatic carbocycles. The predicted octanol–water partition coefficient (Wildman–Crippen LogP) is 11.0. The van der Waals surface area contributed by atoms with Crippen LogP contribution in [0, 0.1) is 0 Å². The van der Waals surface area contributed by atoms with E-state index >= 15 is 0 Å². The molecule has 2 heterocycles. The second kappa shape index (κ2) is 21.5. The van der Waals surface area contributed by atoms with Crippen LogP contribution in [0.3, 0.4) is 0 Å². The highest BCUT2D eigenvalue weighted by Gasteiger charge is 2.48. The van der Waals surface area contributed by atoms with Gasteiger partial charge in [-0.2, -0.15) is 0 Å². The van der Waals surface area contributed by atoms with Gasteiger partial charge in [0.2, 0.25) is 0 Å². The Balaban J connectivity index is 1.10. The summed E-state index contributed by atoms with van der Waals surface area (Å²) in [5.41, 5.74) is 8.16. The average molecular weight is 807 g/mol. The Bertz CT molecular complexity index is 2090. The van der Waals surface area contributed by atoms with Gasteiger partial charge < -0.3 is 28.4 Å². The summed E-state index contributed by atoms with van der Waals surface area (Å²) in [6.07, 6.45) is 1.84. The molecule has 304 valence electrons. The lowest BCUT2D eigenvalue weighted by molar-refractivity contribution is -0.160. The van der Waals surface area contributed by atoms with E-state index in [1.54, 1.807) is 0 Å². The largest absolute Gasteiger partial charge is 0.490 e. The first-order valence-corrected chi connectivity index (χ1v) is 21.8. The van der Waals surface area contributed by atoms with Crippen molar-refractivity contribution in [3.8, 4) is 5.75 Å². The molecule has 0 spiro atoms. The van der Waals surface area contributed by atoms with Crippen molar-refractivity contribution in [3.63, 3.8) is 0 Å². The normalized spacial score (nSPS) is 20.9. The number of hydrogen-bond acceptors (Lipinski definition) is 7. The molecular formula is C52H54O6S. The predicted molar refractivity (Wildman–Crippen MR) is 235 cm³/mol. The maximum absolute atomic E-state index is 7.09. The van der Waals surface area contributed by atoms with Crippen LogP contribution in [0.5, 0.6) is 5.75 Å². The van der Waals surface area contributed by atoms with Crippen molar-refractivity contribution in [1.82, 2.24) is 0 Å². The van der Waals surface area contributed by atoms with Crippen LogP contribution in [0.1, 0.15) is 57.0 Å². The molecule has 7 heteroatoms. The third kappa shape index (κ3) is 11.9. The zero-order valence-electron chi connectivity index (χ0n) is 33.6. The van der Waals surface area contributed by atoms with E-state index in [9.17, 15) is 0 Å². The van der Waals surface area contributed by atoms with Crippen LogP contribution >= 0.6 is 11.8 Å². The quantitative estimate of drug-likeness (QED) is 0.0857. The maximum atomic E-state index is 7.09. The van der Waals surface area contributed by atoms with E-state index in [1.165, 1.54) is 16.7 Å². The molecule has 0 unspecified atom stereocenters. The SMILES string of the molecule is c1ccc(COC[C@H]2S[C@@H](c3cccc(Cc4ccc(OC5CCOCC5)cc4)c3)[C@H](OCc3ccccc3)[C@@H](OCc3ccccc3)[C@@H]2OCc2ccccc2)cc1. The van der Waals surface area contributed by atoms with Crippen LogP contribution < -0.4 is 4.74 Å². The Labute approximate surface area is 353 Å². The van der Waals surface area contributed by atoms with Gasteiger partial charge in [0, 0.05) is 12.8 Å². The van der Waals surface area contributed by atoms with Crippen LogP contribution in [-0.4, -0.2) is 49.5 Å². The second-order valence-corrected chi connectivity index (χ2v) is 16.8. The summed E-state index contributed by atoms with van der Waals surface area (Å²) in [5, 5.41) is -0.103. The molecule has 59 heavy (non-hydrogen) atoms. The summed E-state index contributed by atoms with van der Waals surface area (Å²) in [4.78, 5) is 0. The van der Waals surface area contributed by atoms with Gasteiger partial charge in [-0.15, -0.1) is 11.8 Å². The third-order valence-corrected chi connectivity index (χ3v) is 12.6. The fraction of sp³-hybridized carbons (Fsp3) is 0.308. The first-order chi connectivity index (χ1) is 29.2. The molecule has 2 aliphatic rings. The minimum absolute atomic E-state index is 0.0447. The molecule has 2 saturated heterocycles. The Morgan fingerprint density at radius 2 is 0.983 bits per heavy atom. The summed E-state index contributed by atoms with van der Waals surface area (Å²) in [5.74, 6) is 0.914. The maximum Gasteiger partial charge on any atom is 0.119 e. The van der Waals surface area contributed by atoms with Gasteiger partial charge in [0.15, 0.2) is 0 Å². The molecule has 0 saturated carbocycles. The highest BCUT2D eigenvalue weighted by atomic mass is 32.2. The smallest absolute Gasteiger partial charge is 0.119 e. The van der Waals surface area contributed by atoms with Crippen LogP contribution in [-0.2, 0) is 56.5 Å². The van der Waals surface area contributed by atoms with Crippen molar-refractivity contribution in [2.45, 2.75) is 80.6 Å². The number of ether oxygens (including phenoxy) is 6. The highest BCUT2D eigenvalue weighted by molar-refractivity contribution is 8.00. The minimum atomic E-state index is -0.397. The second-order valence-electron chi connectivity index (χ2n) is 15.4. The van der Waals surface area contributed by atoms with E-state index in [2.05, 4.69) is 146 Å². The fourth-order valence-corrected chi connectivity index (χ4v) is 9.48. The molecule has 0 radical (unpaired) electrons. The van der Waals surface area contributed by atoms with Crippen molar-refractivity contribution >= 4 is 11.8 Å². The summed E-state index contributed by atoms with van der Waals surface area (Å²) in [7, 11) is 0. The summed E-state index contributed by atoms with van der Waals surface area (Å²) >= 11 is 1.88. The van der Waals surface area contributed by atoms with Gasteiger partial charge in [0.05, 0.1) is 56.7 Å². The lowest BCUT2D eigenvalue weighted by Crippen LogP contribution is -2.54. The number of benzene rings is 6. The number of rotatable bonds is 18. The lowest BCUT2D eigenvalue weighted by Gasteiger charge is -2.46. The van der Waals surface area contributed by atoms with Gasteiger partial charge >= 0.3 is 0 Å². The molecule has 0 amide bonds. The van der Waals surface area contributed by atoms with Gasteiger partial charge in [-0.05, 0) is 57.5 Å². The molecule has 8 rings (SSSR count). The fourth-order valence-electron chi connectivity index (χ4n) is 7.85. The van der Waals surface area contributed by atoms with Gasteiger partial charge in [0.25, 0.3) is 0 Å². The van der Waals surface area contributed by atoms with E-state index in [0.29, 0.717) is 33.0 Å². The zero-order chi connectivity index (χ0) is 39.9. The zero-order valence-corrected chi connectivity index (χ0v) is 34.4. The number of thioether (sulfide) groups is 1. The Morgan fingerprint density at radius 1 is 0.475 bits per heavy atom. The van der Waals surface area contributed by atoms with Crippen LogP contribution in [0.25, 0.3) is 0 Å². The molecule has 2 aliphatic heterocycles. The van der Waals surface area contributed by atoms with E-state index < -0.39 is 6.10 Å². The molecule has 2 fully saturated rings. The minimum Gasteiger partial charge on any atom is -0.490 e. The first kappa shape index (κ1) is 41.0. The Morgan fingerprint density at radius 3 is 1.56 bits per heavy atom. The van der Waals surface area contributed by atoms with Crippen molar-refractivity contribution < 1.29 is 28.4 Å². The number of hydrogen-bond donors (Lipinski definition) is 0. The van der Waals surface area contributed by atoms with Crippen molar-refractivity contribution in [3.05, 3.63) is 209 Å². The van der Waals surface area contributed by atoms with Gasteiger partial charge in [-0.25, -0.2) is 0 Å². The molecule has 0 aromatic heterocycles. The lowest BCUT2D eigenvalue weighted by atomic mass is 9.94. The van der Waals surface area contributed by atoms with Crippen molar-refractivity contribution in [1.29, 1.82) is 0 Å². The van der Waals surface area contributed by atoms with Crippen molar-refractivity contribution in [2.24, 2.45) is 0 Å². The van der Waals surface area contributed by atoms with E-state index in [0.717, 1.165) is 60.5 Å². The first-order valence-electron chi connectivity index (χ1n) is 20.9. The molecule has 6 aromatic carbocycles. The van der Waals surface area contributed by atoms with Crippen molar-refractivity contribution in [2.75, 3.05) is 19.8 Å². The van der Waals surface area contributed by atoms with Gasteiger partial charge in [-0.3, -0.25) is 0 Å². The van der Waals surface area contributed by atoms with Crippen LogP contribution in [0.15, 0.2) is 170 Å². The average Bonchev–Trinajstić information content (AvgIpc) is 3.29. The molecule has 6 nitrogen and oxygen atoms in total. The van der Waals surface area contributed by atoms with E-state index in [-0.39, 0.29) is 28.8 Å². The highest BCUT2D eigenvalue weighted by Crippen LogP contribution is 2.47. The summed E-state index contributed by atoms with van der Waals surface area (Å²) in [6.45, 7) is 3.89. The molecule has 0 bridgehead atoms. The van der Waals surface area contributed by atoms with E-state index in [1.807, 2.05) is 36.0 Å². The van der Waals surface area contributed by atoms with Crippen LogP contribution in [0.2, 0.25) is 0 Å². The molecule has 5 atom stereocenters. The third-order valence-electron chi connectivity index (χ3n) is 11.0. The Hall–Kier alpha value is -4.73. The summed E-state index contributed by atoms with van der Waals surface area (Å²) < 4.78 is 39.5. The summed E-state index contributed by atoms with van der Waals surface area (Å²) in [6, 6.07) is 59.1. The van der Waals surface area contributed by atoms with Crippen LogP contribution in [0.4, 0.5) is 0 Å². The van der Waals surface area contributed by atoms with Gasteiger partial charge in [0.1, 0.15) is 30.2 Å².